The van der Waals surface area contributed by atoms with E-state index in [2.05, 4.69) is 22.4 Å². The molecule has 0 aliphatic carbocycles. The maximum atomic E-state index is 5.97. The fourth-order valence-corrected chi connectivity index (χ4v) is 2.77. The van der Waals surface area contributed by atoms with Gasteiger partial charge in [0.2, 0.25) is 0 Å². The van der Waals surface area contributed by atoms with Gasteiger partial charge in [-0.1, -0.05) is 6.07 Å². The summed E-state index contributed by atoms with van der Waals surface area (Å²) in [5, 5.41) is 12.2. The highest BCUT2D eigenvalue weighted by molar-refractivity contribution is 5.73. The van der Waals surface area contributed by atoms with Crippen molar-refractivity contribution in [1.82, 2.24) is 20.2 Å². The third-order valence-corrected chi connectivity index (χ3v) is 3.79. The SMILES string of the molecule is COc1c(N)cccc1-c1nnnn1C1CCOC(C)C1. The molecule has 0 bridgehead atoms. The summed E-state index contributed by atoms with van der Waals surface area (Å²) in [7, 11) is 1.60. The Hall–Kier alpha value is -2.15. The van der Waals surface area contributed by atoms with Crippen LogP contribution in [0.25, 0.3) is 11.4 Å². The summed E-state index contributed by atoms with van der Waals surface area (Å²) in [6, 6.07) is 5.82. The minimum Gasteiger partial charge on any atom is -0.494 e. The molecule has 1 aliphatic heterocycles. The number of aromatic nitrogens is 4. The Bertz CT molecular complexity index is 628. The van der Waals surface area contributed by atoms with Crippen molar-refractivity contribution in [3.8, 4) is 17.1 Å². The topological polar surface area (TPSA) is 88.1 Å². The number of benzene rings is 1. The molecule has 0 radical (unpaired) electrons. The van der Waals surface area contributed by atoms with E-state index >= 15 is 0 Å². The molecule has 1 aromatic carbocycles. The average Bonchev–Trinajstić information content (AvgIpc) is 2.96. The number of nitrogen functional groups attached to an aromatic ring is 1. The van der Waals surface area contributed by atoms with Crippen molar-refractivity contribution in [3.63, 3.8) is 0 Å². The number of rotatable bonds is 3. The molecule has 0 amide bonds. The molecule has 0 spiro atoms. The van der Waals surface area contributed by atoms with Crippen LogP contribution in [0.15, 0.2) is 18.2 Å². The number of para-hydroxylation sites is 1. The number of ether oxygens (including phenoxy) is 2. The first kappa shape index (κ1) is 13.8. The third-order valence-electron chi connectivity index (χ3n) is 3.79. The molecule has 1 saturated heterocycles. The Balaban J connectivity index is 2.01. The van der Waals surface area contributed by atoms with Gasteiger partial charge in [-0.2, -0.15) is 0 Å². The van der Waals surface area contributed by atoms with E-state index in [0.29, 0.717) is 17.3 Å². The monoisotopic (exact) mass is 289 g/mol. The molecule has 112 valence electrons. The summed E-state index contributed by atoms with van der Waals surface area (Å²) in [5.41, 5.74) is 7.35. The molecule has 2 N–H and O–H groups in total. The van der Waals surface area contributed by atoms with Gasteiger partial charge >= 0.3 is 0 Å². The summed E-state index contributed by atoms with van der Waals surface area (Å²) in [6.07, 6.45) is 2.00. The largest absolute Gasteiger partial charge is 0.494 e. The molecule has 7 nitrogen and oxygen atoms in total. The summed E-state index contributed by atoms with van der Waals surface area (Å²) in [4.78, 5) is 0. The van der Waals surface area contributed by atoms with E-state index in [9.17, 15) is 0 Å². The van der Waals surface area contributed by atoms with Crippen molar-refractivity contribution in [2.75, 3.05) is 19.5 Å². The Morgan fingerprint density at radius 1 is 1.43 bits per heavy atom. The molecule has 3 rings (SSSR count). The van der Waals surface area contributed by atoms with E-state index < -0.39 is 0 Å². The van der Waals surface area contributed by atoms with Gasteiger partial charge in [0, 0.05) is 6.61 Å². The lowest BCUT2D eigenvalue weighted by Crippen LogP contribution is -2.26. The minimum atomic E-state index is 0.212. The van der Waals surface area contributed by atoms with Crippen molar-refractivity contribution in [2.24, 2.45) is 0 Å². The Kier molecular flexibility index (Phi) is 3.74. The normalized spacial score (nSPS) is 22.2. The van der Waals surface area contributed by atoms with Gasteiger partial charge in [0.15, 0.2) is 11.6 Å². The molecule has 2 heterocycles. The van der Waals surface area contributed by atoms with E-state index in [1.807, 2.05) is 16.8 Å². The molecule has 1 aromatic heterocycles. The number of nitrogens with zero attached hydrogens (tertiary/aromatic N) is 4. The van der Waals surface area contributed by atoms with Gasteiger partial charge in [0.05, 0.1) is 30.5 Å². The van der Waals surface area contributed by atoms with Gasteiger partial charge in [0.1, 0.15) is 0 Å². The lowest BCUT2D eigenvalue weighted by molar-refractivity contribution is 0.00350. The zero-order valence-electron chi connectivity index (χ0n) is 12.2. The van der Waals surface area contributed by atoms with Crippen molar-refractivity contribution in [1.29, 1.82) is 0 Å². The van der Waals surface area contributed by atoms with Crippen LogP contribution >= 0.6 is 0 Å². The van der Waals surface area contributed by atoms with E-state index in [1.54, 1.807) is 13.2 Å². The van der Waals surface area contributed by atoms with Crippen molar-refractivity contribution in [3.05, 3.63) is 18.2 Å². The van der Waals surface area contributed by atoms with Gasteiger partial charge in [-0.3, -0.25) is 0 Å². The second kappa shape index (κ2) is 5.69. The molecule has 2 unspecified atom stereocenters. The second-order valence-electron chi connectivity index (χ2n) is 5.23. The van der Waals surface area contributed by atoms with Crippen LogP contribution in [-0.2, 0) is 4.74 Å². The van der Waals surface area contributed by atoms with Gasteiger partial charge in [-0.25, -0.2) is 4.68 Å². The standard InChI is InChI=1S/C14H19N5O2/c1-9-8-10(6-7-21-9)19-14(16-17-18-19)11-4-3-5-12(15)13(11)20-2/h3-5,9-10H,6-8,15H2,1-2H3. The number of anilines is 1. The predicted octanol–water partition coefficient (Wildman–Crippen LogP) is 1.67. The predicted molar refractivity (Wildman–Crippen MR) is 77.9 cm³/mol. The highest BCUT2D eigenvalue weighted by Crippen LogP contribution is 2.35. The molecular formula is C14H19N5O2. The van der Waals surface area contributed by atoms with Crippen molar-refractivity contribution >= 4 is 5.69 Å². The molecule has 2 aromatic rings. The maximum Gasteiger partial charge on any atom is 0.186 e. The lowest BCUT2D eigenvalue weighted by Gasteiger charge is -2.27. The van der Waals surface area contributed by atoms with Crippen LogP contribution in [0.3, 0.4) is 0 Å². The molecule has 2 atom stereocenters. The Labute approximate surface area is 123 Å². The van der Waals surface area contributed by atoms with Gasteiger partial charge in [-0.05, 0) is 42.3 Å². The summed E-state index contributed by atoms with van der Waals surface area (Å²) < 4.78 is 12.9. The van der Waals surface area contributed by atoms with Gasteiger partial charge < -0.3 is 15.2 Å². The van der Waals surface area contributed by atoms with Crippen LogP contribution < -0.4 is 10.5 Å². The fourth-order valence-electron chi connectivity index (χ4n) is 2.77. The summed E-state index contributed by atoms with van der Waals surface area (Å²) in [6.45, 7) is 2.79. The smallest absolute Gasteiger partial charge is 0.186 e. The first-order valence-electron chi connectivity index (χ1n) is 7.03. The number of tetrazole rings is 1. The molecular weight excluding hydrogens is 270 g/mol. The van der Waals surface area contributed by atoms with Crippen LogP contribution in [0.2, 0.25) is 0 Å². The summed E-state index contributed by atoms with van der Waals surface area (Å²) in [5.74, 6) is 1.28. The highest BCUT2D eigenvalue weighted by atomic mass is 16.5. The van der Waals surface area contributed by atoms with E-state index in [0.717, 1.165) is 25.0 Å². The zero-order chi connectivity index (χ0) is 14.8. The van der Waals surface area contributed by atoms with Crippen molar-refractivity contribution < 1.29 is 9.47 Å². The van der Waals surface area contributed by atoms with Crippen molar-refractivity contribution in [2.45, 2.75) is 31.9 Å². The van der Waals surface area contributed by atoms with Crippen LogP contribution in [-0.4, -0.2) is 40.0 Å². The summed E-state index contributed by atoms with van der Waals surface area (Å²) >= 11 is 0. The van der Waals surface area contributed by atoms with Gasteiger partial charge in [0.25, 0.3) is 0 Å². The first-order chi connectivity index (χ1) is 10.2. The van der Waals surface area contributed by atoms with Gasteiger partial charge in [-0.15, -0.1) is 5.10 Å². The minimum absolute atomic E-state index is 0.212. The average molecular weight is 289 g/mol. The quantitative estimate of drug-likeness (QED) is 0.865. The number of hydrogen-bond acceptors (Lipinski definition) is 6. The zero-order valence-corrected chi connectivity index (χ0v) is 12.2. The second-order valence-corrected chi connectivity index (χ2v) is 5.23. The van der Waals surface area contributed by atoms with Crippen LogP contribution in [0, 0.1) is 0 Å². The number of nitrogens with two attached hydrogens (primary N) is 1. The first-order valence-corrected chi connectivity index (χ1v) is 7.03. The van der Waals surface area contributed by atoms with E-state index in [1.165, 1.54) is 0 Å². The Morgan fingerprint density at radius 2 is 2.29 bits per heavy atom. The number of methoxy groups -OCH3 is 1. The fraction of sp³-hybridized carbons (Fsp3) is 0.500. The highest BCUT2D eigenvalue weighted by Gasteiger charge is 2.26. The molecule has 1 aliphatic rings. The van der Waals surface area contributed by atoms with Crippen LogP contribution in [0.4, 0.5) is 5.69 Å². The van der Waals surface area contributed by atoms with E-state index in [4.69, 9.17) is 15.2 Å². The van der Waals surface area contributed by atoms with E-state index in [-0.39, 0.29) is 12.1 Å². The molecule has 7 heteroatoms. The van der Waals surface area contributed by atoms with Crippen LogP contribution in [0.1, 0.15) is 25.8 Å². The molecule has 21 heavy (non-hydrogen) atoms. The third kappa shape index (κ3) is 2.56. The molecule has 1 fully saturated rings. The number of hydrogen-bond donors (Lipinski definition) is 1. The maximum absolute atomic E-state index is 5.97. The van der Waals surface area contributed by atoms with Crippen LogP contribution in [0.5, 0.6) is 5.75 Å². The lowest BCUT2D eigenvalue weighted by atomic mass is 10.0. The Morgan fingerprint density at radius 3 is 3.05 bits per heavy atom. The molecule has 0 saturated carbocycles.